The standard InChI is InChI=1S/C14H21N3O4/c1-4-12(14(15)18)21-13-6-5-10(8-16-9(2)3)7-11(13)17(19)20/h5-7,9,12,16H,4,8H2,1-3H3,(H2,15,18). The quantitative estimate of drug-likeness (QED) is 0.561. The number of nitrogens with zero attached hydrogens (tertiary/aromatic N) is 1. The van der Waals surface area contributed by atoms with Crippen LogP contribution in [-0.2, 0) is 11.3 Å². The Hall–Kier alpha value is -2.15. The summed E-state index contributed by atoms with van der Waals surface area (Å²) in [6, 6.07) is 4.95. The zero-order chi connectivity index (χ0) is 16.0. The summed E-state index contributed by atoms with van der Waals surface area (Å²) in [5.41, 5.74) is 5.79. The topological polar surface area (TPSA) is 107 Å². The van der Waals surface area contributed by atoms with Crippen LogP contribution >= 0.6 is 0 Å². The number of nitro benzene ring substituents is 1. The minimum atomic E-state index is -0.872. The maximum Gasteiger partial charge on any atom is 0.311 e. The second-order valence-corrected chi connectivity index (χ2v) is 5.01. The number of amides is 1. The highest BCUT2D eigenvalue weighted by Gasteiger charge is 2.22. The van der Waals surface area contributed by atoms with Crippen molar-refractivity contribution < 1.29 is 14.5 Å². The van der Waals surface area contributed by atoms with Crippen LogP contribution in [0, 0.1) is 10.1 Å². The second kappa shape index (κ2) is 7.58. The zero-order valence-corrected chi connectivity index (χ0v) is 12.5. The van der Waals surface area contributed by atoms with Gasteiger partial charge in [0, 0.05) is 18.7 Å². The van der Waals surface area contributed by atoms with E-state index in [0.717, 1.165) is 5.56 Å². The van der Waals surface area contributed by atoms with Crippen molar-refractivity contribution >= 4 is 11.6 Å². The monoisotopic (exact) mass is 295 g/mol. The minimum absolute atomic E-state index is 0.0546. The fraction of sp³-hybridized carbons (Fsp3) is 0.500. The van der Waals surface area contributed by atoms with Crippen molar-refractivity contribution in [1.82, 2.24) is 5.32 Å². The maximum absolute atomic E-state index is 11.2. The molecule has 1 amide bonds. The van der Waals surface area contributed by atoms with Crippen LogP contribution in [0.15, 0.2) is 18.2 Å². The molecule has 0 bridgehead atoms. The first-order valence-corrected chi connectivity index (χ1v) is 6.81. The van der Waals surface area contributed by atoms with Gasteiger partial charge >= 0.3 is 5.69 Å². The lowest BCUT2D eigenvalue weighted by Crippen LogP contribution is -2.33. The summed E-state index contributed by atoms with van der Waals surface area (Å²) in [6.45, 7) is 6.23. The predicted molar refractivity (Wildman–Crippen MR) is 79.0 cm³/mol. The molecule has 1 atom stereocenters. The highest BCUT2D eigenvalue weighted by molar-refractivity contribution is 5.79. The molecule has 1 unspecified atom stereocenters. The van der Waals surface area contributed by atoms with Crippen molar-refractivity contribution in [2.75, 3.05) is 0 Å². The smallest absolute Gasteiger partial charge is 0.311 e. The minimum Gasteiger partial charge on any atom is -0.473 e. The molecule has 3 N–H and O–H groups in total. The Morgan fingerprint density at radius 2 is 2.14 bits per heavy atom. The SMILES string of the molecule is CCC(Oc1ccc(CNC(C)C)cc1[N+](=O)[O-])C(N)=O. The van der Waals surface area contributed by atoms with Gasteiger partial charge in [-0.2, -0.15) is 0 Å². The lowest BCUT2D eigenvalue weighted by molar-refractivity contribution is -0.386. The van der Waals surface area contributed by atoms with Gasteiger partial charge in [0.05, 0.1) is 4.92 Å². The summed E-state index contributed by atoms with van der Waals surface area (Å²) in [5.74, 6) is -0.587. The Balaban J connectivity index is 2.99. The number of primary amides is 1. The van der Waals surface area contributed by atoms with Gasteiger partial charge in [-0.05, 0) is 18.1 Å². The largest absolute Gasteiger partial charge is 0.473 e. The van der Waals surface area contributed by atoms with Crippen molar-refractivity contribution in [1.29, 1.82) is 0 Å². The van der Waals surface area contributed by atoms with E-state index in [0.29, 0.717) is 13.0 Å². The molecule has 0 fully saturated rings. The molecule has 0 aliphatic rings. The highest BCUT2D eigenvalue weighted by Crippen LogP contribution is 2.29. The summed E-state index contributed by atoms with van der Waals surface area (Å²) >= 11 is 0. The first-order valence-electron chi connectivity index (χ1n) is 6.81. The maximum atomic E-state index is 11.2. The normalized spacial score (nSPS) is 12.2. The number of nitrogens with one attached hydrogen (secondary N) is 1. The van der Waals surface area contributed by atoms with E-state index >= 15 is 0 Å². The molecule has 1 aromatic rings. The fourth-order valence-corrected chi connectivity index (χ4v) is 1.73. The highest BCUT2D eigenvalue weighted by atomic mass is 16.6. The molecule has 0 aliphatic heterocycles. The van der Waals surface area contributed by atoms with Crippen molar-refractivity contribution in [3.05, 3.63) is 33.9 Å². The van der Waals surface area contributed by atoms with E-state index in [-0.39, 0.29) is 17.5 Å². The van der Waals surface area contributed by atoms with Gasteiger partial charge in [0.25, 0.3) is 5.91 Å². The Morgan fingerprint density at radius 1 is 1.48 bits per heavy atom. The number of hydrogen-bond donors (Lipinski definition) is 2. The number of rotatable bonds is 8. The van der Waals surface area contributed by atoms with Crippen LogP contribution in [0.2, 0.25) is 0 Å². The summed E-state index contributed by atoms with van der Waals surface area (Å²) in [5, 5.41) is 14.3. The van der Waals surface area contributed by atoms with Gasteiger partial charge in [-0.3, -0.25) is 14.9 Å². The van der Waals surface area contributed by atoms with Crippen LogP contribution in [0.25, 0.3) is 0 Å². The van der Waals surface area contributed by atoms with Crippen molar-refractivity contribution in [2.24, 2.45) is 5.73 Å². The van der Waals surface area contributed by atoms with Crippen molar-refractivity contribution in [2.45, 2.75) is 45.9 Å². The molecule has 0 radical (unpaired) electrons. The molecule has 1 rings (SSSR count). The summed E-state index contributed by atoms with van der Waals surface area (Å²) < 4.78 is 5.36. The van der Waals surface area contributed by atoms with Gasteiger partial charge in [0.15, 0.2) is 11.9 Å². The molecule has 0 heterocycles. The number of carbonyl (C=O) groups excluding carboxylic acids is 1. The van der Waals surface area contributed by atoms with E-state index < -0.39 is 16.9 Å². The van der Waals surface area contributed by atoms with Crippen molar-refractivity contribution in [3.63, 3.8) is 0 Å². The van der Waals surface area contributed by atoms with Gasteiger partial charge in [-0.15, -0.1) is 0 Å². The molecule has 0 saturated carbocycles. The van der Waals surface area contributed by atoms with Gasteiger partial charge in [-0.25, -0.2) is 0 Å². The van der Waals surface area contributed by atoms with E-state index in [2.05, 4.69) is 5.32 Å². The van der Waals surface area contributed by atoms with Gasteiger partial charge in [-0.1, -0.05) is 26.8 Å². The number of carbonyl (C=O) groups is 1. The van der Waals surface area contributed by atoms with Crippen LogP contribution in [-0.4, -0.2) is 23.0 Å². The Kier molecular flexibility index (Phi) is 6.10. The van der Waals surface area contributed by atoms with Gasteiger partial charge < -0.3 is 15.8 Å². The third kappa shape index (κ3) is 5.03. The number of ether oxygens (including phenoxy) is 1. The Morgan fingerprint density at radius 3 is 2.62 bits per heavy atom. The molecule has 0 aromatic heterocycles. The van der Waals surface area contributed by atoms with Crippen LogP contribution < -0.4 is 15.8 Å². The first-order chi connectivity index (χ1) is 9.85. The number of nitro groups is 1. The van der Waals surface area contributed by atoms with E-state index in [4.69, 9.17) is 10.5 Å². The number of nitrogens with two attached hydrogens (primary N) is 1. The Labute approximate surface area is 123 Å². The summed E-state index contributed by atoms with van der Waals surface area (Å²) in [7, 11) is 0. The van der Waals surface area contributed by atoms with Gasteiger partial charge in [0.1, 0.15) is 0 Å². The predicted octanol–water partition coefficient (Wildman–Crippen LogP) is 1.74. The molecular weight excluding hydrogens is 274 g/mol. The van der Waals surface area contributed by atoms with Crippen LogP contribution in [0.5, 0.6) is 5.75 Å². The van der Waals surface area contributed by atoms with Crippen LogP contribution in [0.3, 0.4) is 0 Å². The van der Waals surface area contributed by atoms with Crippen LogP contribution in [0.1, 0.15) is 32.8 Å². The van der Waals surface area contributed by atoms with E-state index in [1.165, 1.54) is 12.1 Å². The summed E-state index contributed by atoms with van der Waals surface area (Å²) in [6.07, 6.45) is -0.522. The van der Waals surface area contributed by atoms with Gasteiger partial charge in [0.2, 0.25) is 0 Å². The van der Waals surface area contributed by atoms with E-state index in [1.54, 1.807) is 13.0 Å². The third-order valence-electron chi connectivity index (χ3n) is 2.89. The lowest BCUT2D eigenvalue weighted by atomic mass is 10.1. The molecule has 116 valence electrons. The molecule has 1 aromatic carbocycles. The van der Waals surface area contributed by atoms with Crippen molar-refractivity contribution in [3.8, 4) is 5.75 Å². The zero-order valence-electron chi connectivity index (χ0n) is 12.5. The molecule has 0 aliphatic carbocycles. The molecular formula is C14H21N3O4. The molecule has 0 saturated heterocycles. The molecule has 7 heteroatoms. The molecule has 21 heavy (non-hydrogen) atoms. The molecule has 7 nitrogen and oxygen atoms in total. The van der Waals surface area contributed by atoms with E-state index in [9.17, 15) is 14.9 Å². The lowest BCUT2D eigenvalue weighted by Gasteiger charge is -2.15. The Bertz CT molecular complexity index is 517. The average Bonchev–Trinajstić information content (AvgIpc) is 2.42. The first kappa shape index (κ1) is 16.9. The fourth-order valence-electron chi connectivity index (χ4n) is 1.73. The number of hydrogen-bond acceptors (Lipinski definition) is 5. The second-order valence-electron chi connectivity index (χ2n) is 5.01. The number of benzene rings is 1. The molecule has 0 spiro atoms. The third-order valence-corrected chi connectivity index (χ3v) is 2.89. The average molecular weight is 295 g/mol. The summed E-state index contributed by atoms with van der Waals surface area (Å²) in [4.78, 5) is 21.8. The van der Waals surface area contributed by atoms with Crippen LogP contribution in [0.4, 0.5) is 5.69 Å². The van der Waals surface area contributed by atoms with E-state index in [1.807, 2.05) is 13.8 Å².